The molecule has 0 bridgehead atoms. The number of carbonyl (C=O) groups excluding carboxylic acids is 2. The van der Waals surface area contributed by atoms with Crippen LogP contribution in [0, 0.1) is 23.7 Å². The molecule has 2 aliphatic carbocycles. The van der Waals surface area contributed by atoms with Gasteiger partial charge in [-0.3, -0.25) is 9.59 Å². The number of rotatable bonds is 5. The molecule has 1 fully saturated rings. The Morgan fingerprint density at radius 1 is 1.42 bits per heavy atom. The van der Waals surface area contributed by atoms with Gasteiger partial charge in [0, 0.05) is 39.3 Å². The van der Waals surface area contributed by atoms with Crippen molar-refractivity contribution in [3.63, 3.8) is 0 Å². The van der Waals surface area contributed by atoms with E-state index in [1.165, 1.54) is 6.92 Å². The van der Waals surface area contributed by atoms with E-state index >= 15 is 0 Å². The van der Waals surface area contributed by atoms with E-state index in [4.69, 9.17) is 4.74 Å². The number of hydrogen-bond donors (Lipinski definition) is 1. The number of hydrogen-bond acceptors (Lipinski definition) is 4. The second-order valence-electron chi connectivity index (χ2n) is 8.48. The van der Waals surface area contributed by atoms with Gasteiger partial charge in [-0.25, -0.2) is 0 Å². The quantitative estimate of drug-likeness (QED) is 0.600. The standard InChI is InChI=1S/C21H35NO4/c1-7-20(24)22(6)12-14(3)17-9-8-15(4)21(25)11-19(26-16(5)23)13(2)10-18(17)21/h10,14-15,17-19,25H,7-9,11-12H2,1-6H3/t14-,15-,17+,18-,19-,21-/m1/s1. The van der Waals surface area contributed by atoms with E-state index < -0.39 is 5.60 Å². The first-order chi connectivity index (χ1) is 12.1. The van der Waals surface area contributed by atoms with E-state index in [1.807, 2.05) is 25.8 Å². The first-order valence-corrected chi connectivity index (χ1v) is 9.92. The fraction of sp³-hybridized carbons (Fsp3) is 0.810. The predicted molar refractivity (Wildman–Crippen MR) is 101 cm³/mol. The average Bonchev–Trinajstić information content (AvgIpc) is 2.56. The van der Waals surface area contributed by atoms with Crippen molar-refractivity contribution < 1.29 is 19.4 Å². The predicted octanol–water partition coefficient (Wildman–Crippen LogP) is 3.17. The van der Waals surface area contributed by atoms with Crippen LogP contribution in [0.5, 0.6) is 0 Å². The zero-order valence-corrected chi connectivity index (χ0v) is 17.1. The molecule has 5 heteroatoms. The number of amides is 1. The molecule has 5 nitrogen and oxygen atoms in total. The molecular weight excluding hydrogens is 330 g/mol. The Labute approximate surface area is 157 Å². The van der Waals surface area contributed by atoms with Crippen LogP contribution in [0.3, 0.4) is 0 Å². The molecule has 148 valence electrons. The van der Waals surface area contributed by atoms with Crippen molar-refractivity contribution in [1.29, 1.82) is 0 Å². The van der Waals surface area contributed by atoms with Crippen LogP contribution in [0.2, 0.25) is 0 Å². The van der Waals surface area contributed by atoms with Crippen LogP contribution in [-0.4, -0.2) is 47.2 Å². The number of nitrogens with zero attached hydrogens (tertiary/aromatic N) is 1. The van der Waals surface area contributed by atoms with Crippen LogP contribution >= 0.6 is 0 Å². The van der Waals surface area contributed by atoms with Crippen molar-refractivity contribution in [2.24, 2.45) is 23.7 Å². The van der Waals surface area contributed by atoms with Gasteiger partial charge in [0.25, 0.3) is 0 Å². The molecule has 0 aromatic heterocycles. The van der Waals surface area contributed by atoms with E-state index in [2.05, 4.69) is 19.9 Å². The minimum atomic E-state index is -0.857. The van der Waals surface area contributed by atoms with Gasteiger partial charge in [-0.2, -0.15) is 0 Å². The molecule has 0 spiro atoms. The molecule has 0 unspecified atom stereocenters. The molecule has 1 saturated carbocycles. The van der Waals surface area contributed by atoms with Crippen LogP contribution in [0.4, 0.5) is 0 Å². The minimum absolute atomic E-state index is 0.0400. The zero-order valence-electron chi connectivity index (χ0n) is 17.1. The largest absolute Gasteiger partial charge is 0.458 e. The summed E-state index contributed by atoms with van der Waals surface area (Å²) in [7, 11) is 1.86. The maximum atomic E-state index is 11.9. The summed E-state index contributed by atoms with van der Waals surface area (Å²) in [6, 6.07) is 0. The highest BCUT2D eigenvalue weighted by molar-refractivity contribution is 5.75. The summed E-state index contributed by atoms with van der Waals surface area (Å²) in [5.41, 5.74) is 0.170. The van der Waals surface area contributed by atoms with Gasteiger partial charge in [0.2, 0.25) is 5.91 Å². The molecule has 0 aromatic carbocycles. The van der Waals surface area contributed by atoms with E-state index in [1.54, 1.807) is 0 Å². The Kier molecular flexibility index (Phi) is 6.54. The van der Waals surface area contributed by atoms with Crippen molar-refractivity contribution in [3.05, 3.63) is 11.6 Å². The molecule has 0 saturated heterocycles. The second-order valence-corrected chi connectivity index (χ2v) is 8.48. The highest BCUT2D eigenvalue weighted by Crippen LogP contribution is 2.51. The normalized spacial score (nSPS) is 35.1. The van der Waals surface area contributed by atoms with Gasteiger partial charge in [0.15, 0.2) is 0 Å². The maximum Gasteiger partial charge on any atom is 0.303 e. The van der Waals surface area contributed by atoms with Gasteiger partial charge in [0.1, 0.15) is 6.10 Å². The lowest BCUT2D eigenvalue weighted by Gasteiger charge is -2.53. The summed E-state index contributed by atoms with van der Waals surface area (Å²) in [6.07, 6.45) is 4.78. The Balaban J connectivity index is 2.24. The van der Waals surface area contributed by atoms with Gasteiger partial charge in [-0.1, -0.05) is 26.8 Å². The van der Waals surface area contributed by atoms with Crippen LogP contribution in [0.15, 0.2) is 11.6 Å². The fourth-order valence-electron chi connectivity index (χ4n) is 4.94. The Morgan fingerprint density at radius 3 is 2.65 bits per heavy atom. The van der Waals surface area contributed by atoms with Gasteiger partial charge >= 0.3 is 5.97 Å². The van der Waals surface area contributed by atoms with Crippen molar-refractivity contribution in [3.8, 4) is 0 Å². The van der Waals surface area contributed by atoms with E-state index in [-0.39, 0.29) is 29.8 Å². The SMILES string of the molecule is CCC(=O)N(C)C[C@@H](C)[C@@H]1CC[C@@H](C)[C@]2(O)C[C@@H](OC(C)=O)C(C)=C[C@H]12. The molecule has 0 aromatic rings. The molecule has 1 N–H and O–H groups in total. The lowest BCUT2D eigenvalue weighted by molar-refractivity contribution is -0.159. The molecule has 0 aliphatic heterocycles. The first-order valence-electron chi connectivity index (χ1n) is 9.92. The summed E-state index contributed by atoms with van der Waals surface area (Å²) in [4.78, 5) is 25.2. The van der Waals surface area contributed by atoms with Crippen molar-refractivity contribution in [1.82, 2.24) is 4.90 Å². The summed E-state index contributed by atoms with van der Waals surface area (Å²) < 4.78 is 5.45. The highest BCUT2D eigenvalue weighted by Gasteiger charge is 2.52. The van der Waals surface area contributed by atoms with Crippen molar-refractivity contribution in [2.75, 3.05) is 13.6 Å². The summed E-state index contributed by atoms with van der Waals surface area (Å²) >= 11 is 0. The van der Waals surface area contributed by atoms with Crippen LogP contribution < -0.4 is 0 Å². The van der Waals surface area contributed by atoms with Crippen LogP contribution in [-0.2, 0) is 14.3 Å². The number of esters is 1. The van der Waals surface area contributed by atoms with Gasteiger partial charge in [0.05, 0.1) is 5.60 Å². The highest BCUT2D eigenvalue weighted by atomic mass is 16.5. The number of ether oxygens (including phenoxy) is 1. The third-order valence-electron chi connectivity index (χ3n) is 6.62. The fourth-order valence-corrected chi connectivity index (χ4v) is 4.94. The third kappa shape index (κ3) is 4.13. The van der Waals surface area contributed by atoms with Crippen molar-refractivity contribution in [2.45, 2.75) is 72.0 Å². The number of aliphatic hydroxyl groups is 1. The maximum absolute atomic E-state index is 11.9. The van der Waals surface area contributed by atoms with Crippen molar-refractivity contribution >= 4 is 11.9 Å². The van der Waals surface area contributed by atoms with E-state index in [0.717, 1.165) is 18.4 Å². The smallest absolute Gasteiger partial charge is 0.303 e. The molecule has 0 radical (unpaired) electrons. The summed E-state index contributed by atoms with van der Waals surface area (Å²) in [5.74, 6) is 0.663. The second kappa shape index (κ2) is 8.12. The number of fused-ring (bicyclic) bond motifs is 1. The van der Waals surface area contributed by atoms with Gasteiger partial charge < -0.3 is 14.7 Å². The Hall–Kier alpha value is -1.36. The summed E-state index contributed by atoms with van der Waals surface area (Å²) in [6.45, 7) is 10.3. The van der Waals surface area contributed by atoms with Crippen LogP contribution in [0.25, 0.3) is 0 Å². The van der Waals surface area contributed by atoms with E-state index in [9.17, 15) is 14.7 Å². The Bertz CT molecular complexity index is 572. The monoisotopic (exact) mass is 365 g/mol. The molecule has 1 amide bonds. The molecule has 2 rings (SSSR count). The van der Waals surface area contributed by atoms with Crippen LogP contribution in [0.1, 0.15) is 60.3 Å². The zero-order chi connectivity index (χ0) is 19.6. The lowest BCUT2D eigenvalue weighted by Crippen LogP contribution is -2.56. The third-order valence-corrected chi connectivity index (χ3v) is 6.62. The van der Waals surface area contributed by atoms with E-state index in [0.29, 0.717) is 31.2 Å². The lowest BCUT2D eigenvalue weighted by atomic mass is 9.57. The number of carbonyl (C=O) groups is 2. The molecule has 2 aliphatic rings. The minimum Gasteiger partial charge on any atom is -0.458 e. The topological polar surface area (TPSA) is 66.8 Å². The Morgan fingerprint density at radius 2 is 2.08 bits per heavy atom. The average molecular weight is 366 g/mol. The summed E-state index contributed by atoms with van der Waals surface area (Å²) in [5, 5.41) is 11.6. The molecular formula is C21H35NO4. The van der Waals surface area contributed by atoms with Gasteiger partial charge in [-0.05, 0) is 43.1 Å². The van der Waals surface area contributed by atoms with Gasteiger partial charge in [-0.15, -0.1) is 0 Å². The molecule has 26 heavy (non-hydrogen) atoms. The first kappa shape index (κ1) is 20.9. The molecule has 0 heterocycles. The molecule has 6 atom stereocenters.